The molecule has 5 nitrogen and oxygen atoms in total. The highest BCUT2D eigenvalue weighted by molar-refractivity contribution is 7.99. The molecule has 9 heteroatoms. The van der Waals surface area contributed by atoms with Crippen molar-refractivity contribution in [2.75, 3.05) is 20.8 Å². The number of phenols is 1. The van der Waals surface area contributed by atoms with Crippen LogP contribution in [0.4, 0.5) is 13.2 Å². The summed E-state index contributed by atoms with van der Waals surface area (Å²) in [6.07, 6.45) is -4.82. The minimum atomic E-state index is -5.02. The van der Waals surface area contributed by atoms with Crippen LogP contribution in [-0.4, -0.2) is 42.9 Å². The highest BCUT2D eigenvalue weighted by Gasteiger charge is 2.42. The predicted molar refractivity (Wildman–Crippen MR) is 123 cm³/mol. The zero-order chi connectivity index (χ0) is 24.7. The number of rotatable bonds is 9. The fourth-order valence-corrected chi connectivity index (χ4v) is 4.27. The molecule has 0 heterocycles. The maximum atomic E-state index is 13.4. The second kappa shape index (κ2) is 11.2. The van der Waals surface area contributed by atoms with Gasteiger partial charge in [0.05, 0.1) is 14.2 Å². The van der Waals surface area contributed by atoms with E-state index in [1.807, 2.05) is 30.3 Å². The van der Waals surface area contributed by atoms with Gasteiger partial charge in [-0.05, 0) is 53.9 Å². The number of phenolic OH excluding ortho intramolecular Hbond substituents is 1. The lowest BCUT2D eigenvalue weighted by Gasteiger charge is -2.25. The monoisotopic (exact) mass is 491 g/mol. The van der Waals surface area contributed by atoms with E-state index in [1.165, 1.54) is 38.1 Å². The van der Waals surface area contributed by atoms with E-state index >= 15 is 0 Å². The number of carbonyl (C=O) groups is 1. The molecule has 0 saturated heterocycles. The number of alkyl halides is 3. The van der Waals surface area contributed by atoms with E-state index in [9.17, 15) is 23.1 Å². The van der Waals surface area contributed by atoms with Crippen LogP contribution in [0.3, 0.4) is 0 Å². The average Bonchev–Trinajstić information content (AvgIpc) is 2.82. The number of hydrogen-bond donors (Lipinski definition) is 1. The van der Waals surface area contributed by atoms with Crippen LogP contribution in [0.15, 0.2) is 76.5 Å². The van der Waals surface area contributed by atoms with E-state index in [0.29, 0.717) is 27.5 Å². The second-order valence-electron chi connectivity index (χ2n) is 7.37. The Morgan fingerprint density at radius 3 is 2.18 bits per heavy atom. The van der Waals surface area contributed by atoms with Gasteiger partial charge in [0.15, 0.2) is 11.5 Å². The van der Waals surface area contributed by atoms with Crippen LogP contribution in [0, 0.1) is 0 Å². The van der Waals surface area contributed by atoms with Crippen LogP contribution in [0.25, 0.3) is 0 Å². The summed E-state index contributed by atoms with van der Waals surface area (Å²) >= 11 is 1.36. The first-order valence-electron chi connectivity index (χ1n) is 10.3. The van der Waals surface area contributed by atoms with E-state index in [-0.39, 0.29) is 25.3 Å². The lowest BCUT2D eigenvalue weighted by atomic mass is 10.1. The van der Waals surface area contributed by atoms with Crippen LogP contribution in [0.1, 0.15) is 11.1 Å². The quantitative estimate of drug-likeness (QED) is 0.417. The van der Waals surface area contributed by atoms with Gasteiger partial charge in [-0.1, -0.05) is 42.1 Å². The predicted octanol–water partition coefficient (Wildman–Crippen LogP) is 5.69. The van der Waals surface area contributed by atoms with Gasteiger partial charge < -0.3 is 19.5 Å². The molecular weight excluding hydrogens is 467 g/mol. The van der Waals surface area contributed by atoms with Crippen molar-refractivity contribution in [2.45, 2.75) is 28.9 Å². The van der Waals surface area contributed by atoms with E-state index in [1.54, 1.807) is 24.3 Å². The minimum Gasteiger partial charge on any atom is -0.508 e. The molecule has 1 amide bonds. The molecule has 3 aromatic rings. The van der Waals surface area contributed by atoms with Crippen molar-refractivity contribution < 1.29 is 32.5 Å². The molecular formula is C25H24F3NO4S. The number of aromatic hydroxyl groups is 1. The van der Waals surface area contributed by atoms with Crippen LogP contribution in [0.5, 0.6) is 17.2 Å². The van der Waals surface area contributed by atoms with E-state index in [4.69, 9.17) is 9.47 Å². The molecule has 0 unspecified atom stereocenters. The summed E-state index contributed by atoms with van der Waals surface area (Å²) in [5.74, 6) is -1.08. The van der Waals surface area contributed by atoms with Gasteiger partial charge in [-0.2, -0.15) is 13.2 Å². The first-order chi connectivity index (χ1) is 16.2. The van der Waals surface area contributed by atoms with E-state index in [2.05, 4.69) is 0 Å². The molecule has 1 N–H and O–H groups in total. The normalized spacial score (nSPS) is 11.2. The van der Waals surface area contributed by atoms with Gasteiger partial charge in [-0.3, -0.25) is 4.79 Å². The van der Waals surface area contributed by atoms with Crippen molar-refractivity contribution in [3.05, 3.63) is 77.9 Å². The number of hydrogen-bond acceptors (Lipinski definition) is 5. The number of methoxy groups -OCH3 is 2. The zero-order valence-electron chi connectivity index (χ0n) is 18.6. The maximum absolute atomic E-state index is 13.4. The third-order valence-electron chi connectivity index (χ3n) is 5.04. The Kier molecular flexibility index (Phi) is 8.33. The average molecular weight is 492 g/mol. The Labute approximate surface area is 200 Å². The molecule has 0 aliphatic carbocycles. The highest BCUT2D eigenvalue weighted by atomic mass is 32.2. The summed E-state index contributed by atoms with van der Waals surface area (Å²) in [5, 5.41) is 9.43. The Balaban J connectivity index is 1.95. The number of benzene rings is 3. The van der Waals surface area contributed by atoms with Gasteiger partial charge in [0.2, 0.25) is 0 Å². The largest absolute Gasteiger partial charge is 0.508 e. The van der Waals surface area contributed by atoms with Gasteiger partial charge in [0, 0.05) is 22.9 Å². The molecule has 0 aromatic heterocycles. The zero-order valence-corrected chi connectivity index (χ0v) is 19.4. The standard InChI is InChI=1S/C25H24F3NO4S/c1-32-21-14-18(23(15-22(21)33-2)34-20-6-4-3-5-7-20)16-29(24(31)25(26,27)28)13-12-17-8-10-19(30)11-9-17/h3-11,14-15,30H,12-13,16H2,1-2H3. The van der Waals surface area contributed by atoms with Crippen LogP contribution >= 0.6 is 11.8 Å². The summed E-state index contributed by atoms with van der Waals surface area (Å²) in [4.78, 5) is 14.6. The van der Waals surface area contributed by atoms with Crippen molar-refractivity contribution in [1.29, 1.82) is 0 Å². The lowest BCUT2D eigenvalue weighted by molar-refractivity contribution is -0.186. The van der Waals surface area contributed by atoms with Gasteiger partial charge in [0.25, 0.3) is 0 Å². The smallest absolute Gasteiger partial charge is 0.471 e. The maximum Gasteiger partial charge on any atom is 0.471 e. The molecule has 3 rings (SSSR count). The lowest BCUT2D eigenvalue weighted by Crippen LogP contribution is -2.41. The summed E-state index contributed by atoms with van der Waals surface area (Å²) in [7, 11) is 2.92. The molecule has 0 aliphatic heterocycles. The van der Waals surface area contributed by atoms with Gasteiger partial charge >= 0.3 is 12.1 Å². The Morgan fingerprint density at radius 1 is 0.971 bits per heavy atom. The number of ether oxygens (including phenoxy) is 2. The highest BCUT2D eigenvalue weighted by Crippen LogP contribution is 2.39. The second-order valence-corrected chi connectivity index (χ2v) is 8.49. The summed E-state index contributed by atoms with van der Waals surface area (Å²) in [5.41, 5.74) is 1.19. The molecule has 34 heavy (non-hydrogen) atoms. The van der Waals surface area contributed by atoms with Crippen LogP contribution in [-0.2, 0) is 17.8 Å². The van der Waals surface area contributed by atoms with Crippen molar-refractivity contribution in [1.82, 2.24) is 4.90 Å². The number of carbonyl (C=O) groups excluding carboxylic acids is 1. The summed E-state index contributed by atoms with van der Waals surface area (Å²) in [6, 6.07) is 18.8. The number of nitrogens with zero attached hydrogens (tertiary/aromatic N) is 1. The minimum absolute atomic E-state index is 0.0554. The molecule has 3 aromatic carbocycles. The Bertz CT molecular complexity index is 1110. The number of halogens is 3. The van der Waals surface area contributed by atoms with Gasteiger partial charge in [-0.25, -0.2) is 0 Å². The Hall–Kier alpha value is -3.33. The molecule has 0 spiro atoms. The van der Waals surface area contributed by atoms with Gasteiger partial charge in [-0.15, -0.1) is 0 Å². The van der Waals surface area contributed by atoms with Crippen molar-refractivity contribution in [3.8, 4) is 17.2 Å². The Morgan fingerprint density at radius 2 is 1.59 bits per heavy atom. The van der Waals surface area contributed by atoms with Crippen molar-refractivity contribution >= 4 is 17.7 Å². The van der Waals surface area contributed by atoms with Crippen molar-refractivity contribution in [2.24, 2.45) is 0 Å². The fourth-order valence-electron chi connectivity index (χ4n) is 3.30. The van der Waals surface area contributed by atoms with Crippen LogP contribution < -0.4 is 9.47 Å². The van der Waals surface area contributed by atoms with Crippen molar-refractivity contribution in [3.63, 3.8) is 0 Å². The molecule has 0 saturated carbocycles. The fraction of sp³-hybridized carbons (Fsp3) is 0.240. The van der Waals surface area contributed by atoms with E-state index in [0.717, 1.165) is 9.80 Å². The molecule has 0 radical (unpaired) electrons. The summed E-state index contributed by atoms with van der Waals surface area (Å²) < 4.78 is 51.0. The van der Waals surface area contributed by atoms with E-state index < -0.39 is 12.1 Å². The third-order valence-corrected chi connectivity index (χ3v) is 6.14. The molecule has 0 fully saturated rings. The SMILES string of the molecule is COc1cc(CN(CCc2ccc(O)cc2)C(=O)C(F)(F)F)c(Sc2ccccc2)cc1OC. The van der Waals surface area contributed by atoms with Crippen LogP contribution in [0.2, 0.25) is 0 Å². The van der Waals surface area contributed by atoms with Gasteiger partial charge in [0.1, 0.15) is 5.75 Å². The number of amides is 1. The summed E-state index contributed by atoms with van der Waals surface area (Å²) in [6.45, 7) is -0.432. The molecule has 0 bridgehead atoms. The molecule has 0 atom stereocenters. The first kappa shape index (κ1) is 25.3. The third kappa shape index (κ3) is 6.60. The molecule has 180 valence electrons. The molecule has 0 aliphatic rings. The topological polar surface area (TPSA) is 59.0 Å². The first-order valence-corrected chi connectivity index (χ1v) is 11.1.